The summed E-state index contributed by atoms with van der Waals surface area (Å²) in [6.07, 6.45) is -47.7. The van der Waals surface area contributed by atoms with Gasteiger partial charge in [0.05, 0.1) is 46.2 Å². The van der Waals surface area contributed by atoms with Gasteiger partial charge >= 0.3 is 19.8 Å². The zero-order chi connectivity index (χ0) is 89.5. The SMILES string of the molecule is CCCCCC/C=C\CCCCCCCC(=O)O[C@H](COC(=O)CCCCCCCCCCCCCCCC)COP(=O)(O)O[C@@H]1C(O[C@@H]2OC(CO[C@@H]3OC(CO[C@@H]4OC(CO[C@@H]5OC(CO[C@@H]6OC(CO)[C@H](O)C(O)[C@@H]6O)[C@H](O)C(O)[C@@H]5O)[C@H](O)C(O)[C@@H]4O)[C@H](O)C(O)[C@@H]3O)[C@H](O)C(O)[C@@H]2O)C(O)[C@@H](O)C(O)[C@H]1O[C@H]1OC(CO)[C@@H](O)C(O)[C@H]1O. The molecule has 0 radical (unpaired) electrons. The molecule has 0 aromatic heterocycles. The van der Waals surface area contributed by atoms with Crippen LogP contribution in [0.2, 0.25) is 0 Å². The van der Waals surface area contributed by atoms with Crippen molar-refractivity contribution in [1.29, 1.82) is 0 Å². The van der Waals surface area contributed by atoms with E-state index in [0.717, 1.165) is 77.0 Å². The van der Waals surface area contributed by atoms with Gasteiger partial charge in [0.15, 0.2) is 43.8 Å². The van der Waals surface area contributed by atoms with Crippen LogP contribution in [0.5, 0.6) is 0 Å². The molecule has 6 heterocycles. The molecule has 0 spiro atoms. The molecule has 1 saturated carbocycles. The Hall–Kier alpha value is -2.61. The van der Waals surface area contributed by atoms with Gasteiger partial charge in [-0.25, -0.2) is 4.57 Å². The second kappa shape index (κ2) is 54.3. The van der Waals surface area contributed by atoms with Gasteiger partial charge in [0.1, 0.15) is 190 Å². The number of carbonyl (C=O) groups is 2. The minimum absolute atomic E-state index is 0.0313. The lowest BCUT2D eigenvalue weighted by Crippen LogP contribution is -2.69. The largest absolute Gasteiger partial charge is 0.472 e. The Morgan fingerprint density at radius 3 is 0.934 bits per heavy atom. The molecule has 16 unspecified atom stereocenters. The maximum absolute atomic E-state index is 14.5. The van der Waals surface area contributed by atoms with E-state index in [2.05, 4.69) is 26.0 Å². The zero-order valence-corrected chi connectivity index (χ0v) is 70.1. The maximum Gasteiger partial charge on any atom is 0.472 e. The lowest BCUT2D eigenvalue weighted by atomic mass is 9.84. The molecule has 0 aromatic rings. The zero-order valence-electron chi connectivity index (χ0n) is 69.2. The Balaban J connectivity index is 1.00. The van der Waals surface area contributed by atoms with E-state index in [-0.39, 0.29) is 12.8 Å². The van der Waals surface area contributed by atoms with Crippen LogP contribution in [0, 0.1) is 0 Å². The molecule has 7 rings (SSSR count). The van der Waals surface area contributed by atoms with E-state index in [1.54, 1.807) is 0 Å². The van der Waals surface area contributed by atoms with Gasteiger partial charge in [-0.3, -0.25) is 18.6 Å². The minimum Gasteiger partial charge on any atom is -0.462 e. The van der Waals surface area contributed by atoms with Crippen molar-refractivity contribution in [2.75, 3.05) is 52.9 Å². The highest BCUT2D eigenvalue weighted by molar-refractivity contribution is 7.47. The van der Waals surface area contributed by atoms with E-state index >= 15 is 0 Å². The predicted molar refractivity (Wildman–Crippen MR) is 412 cm³/mol. The number of unbranched alkanes of at least 4 members (excludes halogenated alkanes) is 22. The summed E-state index contributed by atoms with van der Waals surface area (Å²) in [6.45, 7) is -2.94. The van der Waals surface area contributed by atoms with Gasteiger partial charge in [-0.15, -0.1) is 0 Å². The quantitative estimate of drug-likeness (QED) is 0.0117. The van der Waals surface area contributed by atoms with Gasteiger partial charge < -0.3 is 189 Å². The molecule has 24 N–H and O–H groups in total. The van der Waals surface area contributed by atoms with Crippen LogP contribution < -0.4 is 0 Å². The number of aliphatic hydroxyl groups excluding tert-OH is 23. The van der Waals surface area contributed by atoms with Gasteiger partial charge in [-0.2, -0.15) is 0 Å². The number of carbonyl (C=O) groups excluding carboxylic acids is 2. The molecule has 122 heavy (non-hydrogen) atoms. The van der Waals surface area contributed by atoms with E-state index < -0.39 is 300 Å². The van der Waals surface area contributed by atoms with Crippen molar-refractivity contribution < 1.29 is 212 Å². The standard InChI is InChI=1S/C78H139O43P/c1-3-5-7-9-11-13-15-17-19-20-22-24-26-28-30-47(81)106-34-40(112-48(82)31-29-27-25-23-21-18-16-14-12-10-8-6-4-2)35-111-122(104,105)121-72-70(119-77-68(102)56(90)50(84)42(33-80)114-77)62(96)61(95)63(97)71(72)120-78-69(103)60(94)54(88)46(118-78)39-110-76-67(101)59(93)53(87)45(117-76)38-109-75-66(100)58(92)52(86)44(116-75)37-108-74-65(99)57(91)51(85)43(115-74)36-107-73-64(98)55(89)49(83)41(32-79)113-73/h14,16,40-46,49-80,83-103H,3-13,15,17-39H2,1-2H3,(H,104,105)/b16-14-/t40-,41?,42?,43?,44?,45?,46?,49+,50-,51+,52+,53+,54+,55?,56?,57?,58?,59?,60?,61+,62?,63?,64+,65+,66+,67+,68-,69+,70-,71?,72+,73-,74-,75-,76-,77-,78+/m1/s1. The molecule has 0 aromatic carbocycles. The molecule has 6 aliphatic heterocycles. The fraction of sp³-hybridized carbons (Fsp3) is 0.949. The van der Waals surface area contributed by atoms with Crippen LogP contribution in [0.25, 0.3) is 0 Å². The van der Waals surface area contributed by atoms with E-state index in [1.807, 2.05) is 0 Å². The van der Waals surface area contributed by atoms with Gasteiger partial charge in [0, 0.05) is 12.8 Å². The lowest BCUT2D eigenvalue weighted by molar-refractivity contribution is -0.365. The van der Waals surface area contributed by atoms with Crippen LogP contribution in [-0.2, 0) is 89.5 Å². The first-order chi connectivity index (χ1) is 58.2. The predicted octanol–water partition coefficient (Wildman–Crippen LogP) is -5.16. The Bertz CT molecular complexity index is 2960. The Kier molecular flexibility index (Phi) is 47.3. The number of ether oxygens (including phenoxy) is 14. The molecule has 6 saturated heterocycles. The Labute approximate surface area is 708 Å². The number of allylic oxidation sites excluding steroid dienone is 2. The molecular formula is C78H139O43P. The number of aliphatic hydroxyl groups is 23. The molecule has 0 bridgehead atoms. The first-order valence-corrected chi connectivity index (χ1v) is 44.6. The van der Waals surface area contributed by atoms with Crippen LogP contribution in [0.1, 0.15) is 187 Å². The summed E-state index contributed by atoms with van der Waals surface area (Å²) < 4.78 is 104. The normalized spacial score (nSPS) is 39.9. The van der Waals surface area contributed by atoms with Crippen LogP contribution in [0.3, 0.4) is 0 Å². The Morgan fingerprint density at radius 2 is 0.590 bits per heavy atom. The number of hydrogen-bond acceptors (Lipinski definition) is 42. The summed E-state index contributed by atoms with van der Waals surface area (Å²) in [4.78, 5) is 38.4. The molecule has 44 heteroatoms. The third-order valence-electron chi connectivity index (χ3n) is 23.0. The molecular weight excluding hydrogens is 1660 g/mol. The van der Waals surface area contributed by atoms with E-state index in [4.69, 9.17) is 75.4 Å². The number of phosphoric ester groups is 1. The highest BCUT2D eigenvalue weighted by Crippen LogP contribution is 2.49. The fourth-order valence-electron chi connectivity index (χ4n) is 15.2. The van der Waals surface area contributed by atoms with Crippen molar-refractivity contribution in [3.05, 3.63) is 12.2 Å². The van der Waals surface area contributed by atoms with Crippen LogP contribution in [0.15, 0.2) is 12.2 Å². The first kappa shape index (κ1) is 106. The van der Waals surface area contributed by atoms with Gasteiger partial charge in [-0.05, 0) is 38.5 Å². The van der Waals surface area contributed by atoms with Gasteiger partial charge in [-0.1, -0.05) is 148 Å². The monoisotopic (exact) mass is 1790 g/mol. The summed E-state index contributed by atoms with van der Waals surface area (Å²) in [6, 6.07) is 0. The highest BCUT2D eigenvalue weighted by Gasteiger charge is 2.60. The van der Waals surface area contributed by atoms with Crippen molar-refractivity contribution in [2.45, 2.75) is 414 Å². The molecule has 714 valence electrons. The van der Waals surface area contributed by atoms with Gasteiger partial charge in [0.25, 0.3) is 0 Å². The van der Waals surface area contributed by atoms with E-state index in [0.29, 0.717) is 25.7 Å². The first-order valence-electron chi connectivity index (χ1n) is 43.1. The van der Waals surface area contributed by atoms with Crippen molar-refractivity contribution in [3.8, 4) is 0 Å². The Morgan fingerprint density at radius 1 is 0.320 bits per heavy atom. The summed E-state index contributed by atoms with van der Waals surface area (Å²) in [5, 5.41) is 250. The van der Waals surface area contributed by atoms with Crippen molar-refractivity contribution in [2.24, 2.45) is 0 Å². The van der Waals surface area contributed by atoms with Crippen molar-refractivity contribution in [1.82, 2.24) is 0 Å². The highest BCUT2D eigenvalue weighted by atomic mass is 31.2. The van der Waals surface area contributed by atoms with Crippen molar-refractivity contribution >= 4 is 19.8 Å². The molecule has 43 nitrogen and oxygen atoms in total. The minimum atomic E-state index is -5.88. The summed E-state index contributed by atoms with van der Waals surface area (Å²) >= 11 is 0. The number of hydrogen-bond donors (Lipinski definition) is 24. The summed E-state index contributed by atoms with van der Waals surface area (Å²) in [7, 11) is -5.88. The third-order valence-corrected chi connectivity index (χ3v) is 23.9. The lowest BCUT2D eigenvalue weighted by Gasteiger charge is -2.49. The smallest absolute Gasteiger partial charge is 0.462 e. The number of esters is 2. The number of phosphoric acid groups is 1. The average Bonchev–Trinajstić information content (AvgIpc) is 0.761. The fourth-order valence-corrected chi connectivity index (χ4v) is 16.2. The van der Waals surface area contributed by atoms with Gasteiger partial charge in [0.2, 0.25) is 0 Å². The van der Waals surface area contributed by atoms with E-state index in [9.17, 15) is 136 Å². The topological polar surface area (TPSA) is 684 Å². The molecule has 7 aliphatic rings. The molecule has 1 aliphatic carbocycles. The van der Waals surface area contributed by atoms with Crippen LogP contribution in [-0.4, -0.2) is 414 Å². The van der Waals surface area contributed by atoms with Crippen molar-refractivity contribution in [3.63, 3.8) is 0 Å². The van der Waals surface area contributed by atoms with Crippen LogP contribution >= 0.6 is 7.82 Å². The second-order valence-corrected chi connectivity index (χ2v) is 34.0. The average molecular weight is 1800 g/mol. The maximum atomic E-state index is 14.5. The molecule has 7 fully saturated rings. The van der Waals surface area contributed by atoms with Crippen LogP contribution in [0.4, 0.5) is 0 Å². The second-order valence-electron chi connectivity index (χ2n) is 32.6. The number of rotatable bonds is 54. The van der Waals surface area contributed by atoms with E-state index in [1.165, 1.54) is 57.8 Å². The third kappa shape index (κ3) is 31.6. The summed E-state index contributed by atoms with van der Waals surface area (Å²) in [5.74, 6) is -1.51. The summed E-state index contributed by atoms with van der Waals surface area (Å²) in [5.41, 5.74) is 0. The molecule has 0 amide bonds. The molecule has 38 atom stereocenters.